The summed E-state index contributed by atoms with van der Waals surface area (Å²) in [4.78, 5) is 13.6. The van der Waals surface area contributed by atoms with E-state index in [9.17, 15) is 0 Å². The molecule has 0 fully saturated rings. The van der Waals surface area contributed by atoms with Gasteiger partial charge in [-0.1, -0.05) is 29.4 Å². The molecule has 0 bridgehead atoms. The van der Waals surface area contributed by atoms with E-state index in [2.05, 4.69) is 15.1 Å². The molecule has 3 heterocycles. The maximum atomic E-state index is 5.67. The summed E-state index contributed by atoms with van der Waals surface area (Å²) >= 11 is 0. The lowest BCUT2D eigenvalue weighted by Crippen LogP contribution is -1.95. The van der Waals surface area contributed by atoms with Crippen LogP contribution in [-0.4, -0.2) is 34.3 Å². The first-order valence-electron chi connectivity index (χ1n) is 10.1. The number of aromatic nitrogens is 4. The third kappa shape index (κ3) is 3.76. The second kappa shape index (κ2) is 8.47. The van der Waals surface area contributed by atoms with Crippen LogP contribution in [0.25, 0.3) is 33.6 Å². The highest BCUT2D eigenvalue weighted by Gasteiger charge is 2.16. The molecule has 32 heavy (non-hydrogen) atoms. The number of hydrogen-bond acceptors (Lipinski definition) is 7. The molecule has 7 heteroatoms. The Morgan fingerprint density at radius 3 is 2.47 bits per heavy atom. The fourth-order valence-electron chi connectivity index (χ4n) is 3.63. The minimum atomic E-state index is 0.453. The Kier molecular flexibility index (Phi) is 5.21. The van der Waals surface area contributed by atoms with Crippen LogP contribution >= 0.6 is 0 Å². The molecule has 0 radical (unpaired) electrons. The van der Waals surface area contributed by atoms with Crippen LogP contribution in [0.1, 0.15) is 11.4 Å². The molecule has 0 spiro atoms. The molecule has 0 aliphatic rings. The number of fused-ring (bicyclic) bond motifs is 1. The lowest BCUT2D eigenvalue weighted by atomic mass is 10.0. The molecule has 5 rings (SSSR count). The van der Waals surface area contributed by atoms with Crippen molar-refractivity contribution in [2.45, 2.75) is 6.42 Å². The quantitative estimate of drug-likeness (QED) is 0.381. The van der Waals surface area contributed by atoms with E-state index in [4.69, 9.17) is 19.0 Å². The van der Waals surface area contributed by atoms with E-state index in [1.807, 2.05) is 60.7 Å². The Morgan fingerprint density at radius 2 is 1.66 bits per heavy atom. The summed E-state index contributed by atoms with van der Waals surface area (Å²) in [6, 6.07) is 19.5. The van der Waals surface area contributed by atoms with Crippen LogP contribution in [0.5, 0.6) is 11.5 Å². The van der Waals surface area contributed by atoms with Crippen molar-refractivity contribution in [2.24, 2.45) is 0 Å². The standard InChI is InChI=1S/C25H20N4O3/c1-30-22-8-7-16(13-23(22)31-2)14-24-28-25(32-29-24)19-15-21(17-9-11-26-12-10-17)27-20-6-4-3-5-18(19)20/h3-13,15H,14H2,1-2H3. The number of benzene rings is 2. The smallest absolute Gasteiger partial charge is 0.258 e. The van der Waals surface area contributed by atoms with Gasteiger partial charge in [0.25, 0.3) is 5.89 Å². The molecule has 7 nitrogen and oxygen atoms in total. The first-order chi connectivity index (χ1) is 15.7. The molecule has 0 atom stereocenters. The second-order valence-corrected chi connectivity index (χ2v) is 7.19. The Morgan fingerprint density at radius 1 is 0.844 bits per heavy atom. The minimum absolute atomic E-state index is 0.453. The van der Waals surface area contributed by atoms with Crippen LogP contribution in [-0.2, 0) is 6.42 Å². The number of hydrogen-bond donors (Lipinski definition) is 0. The van der Waals surface area contributed by atoms with E-state index >= 15 is 0 Å². The van der Waals surface area contributed by atoms with Crippen molar-refractivity contribution in [2.75, 3.05) is 14.2 Å². The van der Waals surface area contributed by atoms with Gasteiger partial charge in [0.15, 0.2) is 17.3 Å². The molecule has 2 aromatic carbocycles. The number of methoxy groups -OCH3 is 2. The number of nitrogens with zero attached hydrogens (tertiary/aromatic N) is 4. The van der Waals surface area contributed by atoms with E-state index in [1.165, 1.54) is 0 Å². The summed E-state index contributed by atoms with van der Waals surface area (Å²) in [7, 11) is 3.23. The zero-order valence-electron chi connectivity index (χ0n) is 17.6. The van der Waals surface area contributed by atoms with Gasteiger partial charge in [-0.15, -0.1) is 0 Å². The van der Waals surface area contributed by atoms with Crippen molar-refractivity contribution in [1.82, 2.24) is 20.1 Å². The number of para-hydroxylation sites is 1. The average molecular weight is 424 g/mol. The molecule has 0 unspecified atom stereocenters. The summed E-state index contributed by atoms with van der Waals surface area (Å²) in [5, 5.41) is 5.16. The van der Waals surface area contributed by atoms with Crippen LogP contribution in [0, 0.1) is 0 Å². The van der Waals surface area contributed by atoms with Crippen LogP contribution in [0.3, 0.4) is 0 Å². The van der Waals surface area contributed by atoms with Gasteiger partial charge in [0, 0.05) is 29.8 Å². The van der Waals surface area contributed by atoms with Gasteiger partial charge >= 0.3 is 0 Å². The predicted octanol–water partition coefficient (Wildman–Crippen LogP) is 4.95. The second-order valence-electron chi connectivity index (χ2n) is 7.19. The molecule has 0 amide bonds. The first-order valence-corrected chi connectivity index (χ1v) is 10.1. The van der Waals surface area contributed by atoms with Crippen molar-refractivity contribution in [3.63, 3.8) is 0 Å². The largest absolute Gasteiger partial charge is 0.493 e. The molecule has 0 aliphatic heterocycles. The van der Waals surface area contributed by atoms with Crippen molar-refractivity contribution in [1.29, 1.82) is 0 Å². The molecule has 5 aromatic rings. The predicted molar refractivity (Wildman–Crippen MR) is 121 cm³/mol. The van der Waals surface area contributed by atoms with Gasteiger partial charge in [-0.2, -0.15) is 4.98 Å². The Bertz CT molecular complexity index is 1380. The van der Waals surface area contributed by atoms with E-state index in [-0.39, 0.29) is 0 Å². The van der Waals surface area contributed by atoms with Gasteiger partial charge in [-0.05, 0) is 42.0 Å². The van der Waals surface area contributed by atoms with Crippen molar-refractivity contribution >= 4 is 10.9 Å². The maximum Gasteiger partial charge on any atom is 0.258 e. The summed E-state index contributed by atoms with van der Waals surface area (Å²) in [5.41, 5.74) is 4.48. The van der Waals surface area contributed by atoms with E-state index < -0.39 is 0 Å². The number of rotatable bonds is 6. The van der Waals surface area contributed by atoms with Crippen molar-refractivity contribution in [3.8, 4) is 34.2 Å². The van der Waals surface area contributed by atoms with Gasteiger partial charge in [-0.3, -0.25) is 4.98 Å². The molecule has 0 saturated heterocycles. The summed E-state index contributed by atoms with van der Waals surface area (Å²) in [6.07, 6.45) is 4.00. The van der Waals surface area contributed by atoms with Crippen molar-refractivity contribution in [3.05, 3.63) is 84.4 Å². The molecular weight excluding hydrogens is 404 g/mol. The topological polar surface area (TPSA) is 83.2 Å². The summed E-state index contributed by atoms with van der Waals surface area (Å²) in [6.45, 7) is 0. The lowest BCUT2D eigenvalue weighted by molar-refractivity contribution is 0.354. The third-order valence-electron chi connectivity index (χ3n) is 5.20. The van der Waals surface area contributed by atoms with Gasteiger partial charge in [-0.25, -0.2) is 4.98 Å². The Labute approximate surface area is 184 Å². The molecule has 0 aliphatic carbocycles. The average Bonchev–Trinajstić information content (AvgIpc) is 3.32. The maximum absolute atomic E-state index is 5.67. The molecule has 0 N–H and O–H groups in total. The SMILES string of the molecule is COc1ccc(Cc2noc(-c3cc(-c4ccncc4)nc4ccccc34)n2)cc1OC. The first kappa shape index (κ1) is 19.7. The van der Waals surface area contributed by atoms with Gasteiger partial charge in [0.05, 0.1) is 31.0 Å². The monoisotopic (exact) mass is 424 g/mol. The Hall–Kier alpha value is -4.26. The lowest BCUT2D eigenvalue weighted by Gasteiger charge is -2.08. The van der Waals surface area contributed by atoms with Gasteiger partial charge in [0.1, 0.15) is 0 Å². The highest BCUT2D eigenvalue weighted by Crippen LogP contribution is 2.32. The van der Waals surface area contributed by atoms with Crippen molar-refractivity contribution < 1.29 is 14.0 Å². The van der Waals surface area contributed by atoms with E-state index in [0.29, 0.717) is 29.6 Å². The summed E-state index contributed by atoms with van der Waals surface area (Å²) in [5.74, 6) is 2.38. The highest BCUT2D eigenvalue weighted by molar-refractivity contribution is 5.94. The molecule has 158 valence electrons. The molecular formula is C25H20N4O3. The highest BCUT2D eigenvalue weighted by atomic mass is 16.5. The van der Waals surface area contributed by atoms with Crippen LogP contribution < -0.4 is 9.47 Å². The fourth-order valence-corrected chi connectivity index (χ4v) is 3.63. The normalized spacial score (nSPS) is 10.9. The molecule has 0 saturated carbocycles. The zero-order chi connectivity index (χ0) is 21.9. The van der Waals surface area contributed by atoms with Gasteiger partial charge < -0.3 is 14.0 Å². The van der Waals surface area contributed by atoms with Crippen LogP contribution in [0.15, 0.2) is 77.6 Å². The summed E-state index contributed by atoms with van der Waals surface area (Å²) < 4.78 is 16.4. The van der Waals surface area contributed by atoms with Gasteiger partial charge in [0.2, 0.25) is 0 Å². The van der Waals surface area contributed by atoms with Crippen LogP contribution in [0.4, 0.5) is 0 Å². The molecule has 3 aromatic heterocycles. The zero-order valence-corrected chi connectivity index (χ0v) is 17.6. The number of pyridine rings is 2. The Balaban J connectivity index is 1.53. The third-order valence-corrected chi connectivity index (χ3v) is 5.20. The van der Waals surface area contributed by atoms with E-state index in [0.717, 1.165) is 33.3 Å². The number of ether oxygens (including phenoxy) is 2. The van der Waals surface area contributed by atoms with E-state index in [1.54, 1.807) is 26.6 Å². The van der Waals surface area contributed by atoms with Crippen LogP contribution in [0.2, 0.25) is 0 Å². The minimum Gasteiger partial charge on any atom is -0.493 e. The fraction of sp³-hybridized carbons (Fsp3) is 0.120.